The molecule has 0 saturated carbocycles. The Balaban J connectivity index is 1.88. The molecule has 0 spiro atoms. The van der Waals surface area contributed by atoms with Gasteiger partial charge in [0, 0.05) is 16.9 Å². The molecule has 1 aromatic heterocycles. The van der Waals surface area contributed by atoms with Gasteiger partial charge >= 0.3 is 5.97 Å². The van der Waals surface area contributed by atoms with Gasteiger partial charge in [-0.05, 0) is 12.1 Å². The Morgan fingerprint density at radius 3 is 3.05 bits per heavy atom. The zero-order chi connectivity index (χ0) is 14.8. The van der Waals surface area contributed by atoms with E-state index in [9.17, 15) is 9.90 Å². The number of hydrogen-bond acceptors (Lipinski definition) is 8. The van der Waals surface area contributed by atoms with Crippen LogP contribution < -0.4 is 10.5 Å². The fraction of sp³-hybridized carbons (Fsp3) is 0.250. The number of nitrogens with two attached hydrogens (primary N) is 1. The van der Waals surface area contributed by atoms with Crippen LogP contribution in [0, 0.1) is 0 Å². The van der Waals surface area contributed by atoms with Crippen molar-refractivity contribution >= 4 is 34.2 Å². The molecule has 0 bridgehead atoms. The summed E-state index contributed by atoms with van der Waals surface area (Å²) < 4.78 is 11.4. The minimum atomic E-state index is -0.977. The molecule has 1 aromatic carbocycles. The number of fused-ring (bicyclic) bond motifs is 1. The van der Waals surface area contributed by atoms with E-state index >= 15 is 0 Å². The number of benzene rings is 1. The molecule has 7 nitrogen and oxygen atoms in total. The molecule has 0 radical (unpaired) electrons. The summed E-state index contributed by atoms with van der Waals surface area (Å²) in [6.45, 7) is 0.517. The van der Waals surface area contributed by atoms with E-state index in [1.807, 2.05) is 0 Å². The molecule has 0 unspecified atom stereocenters. The molecule has 9 heteroatoms. The second kappa shape index (κ2) is 5.88. The number of aromatic nitrogens is 2. The summed E-state index contributed by atoms with van der Waals surface area (Å²) in [5.74, 6) is 0.240. The Bertz CT molecular complexity index is 689. The lowest BCUT2D eigenvalue weighted by Gasteiger charge is -2.21. The Hall–Kier alpha value is -1.84. The van der Waals surface area contributed by atoms with Crippen molar-refractivity contribution in [3.63, 3.8) is 0 Å². The van der Waals surface area contributed by atoms with E-state index in [0.717, 1.165) is 15.5 Å². The molecule has 1 aliphatic heterocycles. The van der Waals surface area contributed by atoms with Crippen molar-refractivity contribution < 1.29 is 19.4 Å². The molecule has 0 fully saturated rings. The monoisotopic (exact) mass is 325 g/mol. The first-order valence-corrected chi connectivity index (χ1v) is 7.75. The summed E-state index contributed by atoms with van der Waals surface area (Å²) in [7, 11) is 0. The lowest BCUT2D eigenvalue weighted by molar-refractivity contribution is -0.0169. The van der Waals surface area contributed by atoms with Gasteiger partial charge < -0.3 is 20.3 Å². The van der Waals surface area contributed by atoms with Crippen molar-refractivity contribution in [1.29, 1.82) is 0 Å². The van der Waals surface area contributed by atoms with Gasteiger partial charge in [-0.3, -0.25) is 0 Å². The number of thioether (sulfide) groups is 1. The molecule has 3 rings (SSSR count). The summed E-state index contributed by atoms with van der Waals surface area (Å²) in [4.78, 5) is 11.2. The number of nitrogen functional groups attached to an aromatic ring is 1. The number of aromatic carboxylic acids is 1. The minimum Gasteiger partial charge on any atom is -0.478 e. The van der Waals surface area contributed by atoms with E-state index in [-0.39, 0.29) is 12.4 Å². The predicted molar refractivity (Wildman–Crippen MR) is 77.6 cm³/mol. The van der Waals surface area contributed by atoms with Crippen LogP contribution in [0.3, 0.4) is 0 Å². The molecule has 0 saturated heterocycles. The van der Waals surface area contributed by atoms with Gasteiger partial charge in [-0.2, -0.15) is 0 Å². The van der Waals surface area contributed by atoms with Gasteiger partial charge in [0.2, 0.25) is 5.13 Å². The van der Waals surface area contributed by atoms with Crippen LogP contribution in [0.1, 0.15) is 21.5 Å². The maximum atomic E-state index is 11.2. The maximum Gasteiger partial charge on any atom is 0.335 e. The molecule has 2 heterocycles. The molecule has 110 valence electrons. The molecule has 1 aliphatic rings. The third-order valence-electron chi connectivity index (χ3n) is 2.81. The van der Waals surface area contributed by atoms with E-state index < -0.39 is 5.97 Å². The Kier molecular flexibility index (Phi) is 3.95. The highest BCUT2D eigenvalue weighted by Crippen LogP contribution is 2.35. The highest BCUT2D eigenvalue weighted by Gasteiger charge is 2.19. The number of hydrogen-bond donors (Lipinski definition) is 2. The van der Waals surface area contributed by atoms with Gasteiger partial charge in [-0.25, -0.2) is 4.79 Å². The molecule has 0 aliphatic carbocycles. The van der Waals surface area contributed by atoms with E-state index in [1.54, 1.807) is 12.1 Å². The van der Waals surface area contributed by atoms with Crippen LogP contribution in [0.2, 0.25) is 0 Å². The van der Waals surface area contributed by atoms with Crippen molar-refractivity contribution in [2.45, 2.75) is 16.7 Å². The molecule has 21 heavy (non-hydrogen) atoms. The molecular formula is C12H11N3O4S2. The highest BCUT2D eigenvalue weighted by molar-refractivity contribution is 8.00. The van der Waals surface area contributed by atoms with Crippen molar-refractivity contribution in [2.24, 2.45) is 0 Å². The number of rotatable bonds is 4. The van der Waals surface area contributed by atoms with Crippen LogP contribution in [-0.4, -0.2) is 28.1 Å². The van der Waals surface area contributed by atoms with Gasteiger partial charge in [-0.15, -0.1) is 10.2 Å². The smallest absolute Gasteiger partial charge is 0.335 e. The van der Waals surface area contributed by atoms with E-state index in [1.165, 1.54) is 23.1 Å². The number of nitrogens with zero attached hydrogens (tertiary/aromatic N) is 2. The zero-order valence-corrected chi connectivity index (χ0v) is 12.4. The summed E-state index contributed by atoms with van der Waals surface area (Å²) in [5.41, 5.74) is 7.29. The summed E-state index contributed by atoms with van der Waals surface area (Å²) in [6, 6.07) is 3.19. The van der Waals surface area contributed by atoms with Gasteiger partial charge in [-0.1, -0.05) is 23.1 Å². The summed E-state index contributed by atoms with van der Waals surface area (Å²) in [5, 5.41) is 17.2. The first-order chi connectivity index (χ1) is 10.1. The van der Waals surface area contributed by atoms with Crippen LogP contribution in [0.25, 0.3) is 0 Å². The van der Waals surface area contributed by atoms with Gasteiger partial charge in [0.05, 0.1) is 12.2 Å². The van der Waals surface area contributed by atoms with Crippen molar-refractivity contribution in [2.75, 3.05) is 12.5 Å². The topological polar surface area (TPSA) is 108 Å². The number of ether oxygens (including phenoxy) is 2. The largest absolute Gasteiger partial charge is 0.478 e. The molecule has 2 aromatic rings. The third kappa shape index (κ3) is 3.09. The van der Waals surface area contributed by atoms with Crippen molar-refractivity contribution in [3.05, 3.63) is 28.8 Å². The van der Waals surface area contributed by atoms with Crippen LogP contribution in [0.4, 0.5) is 5.13 Å². The number of carbonyl (C=O) groups is 1. The fourth-order valence-corrected chi connectivity index (χ4v) is 3.55. The molecule has 0 atom stereocenters. The second-order valence-electron chi connectivity index (χ2n) is 4.23. The van der Waals surface area contributed by atoms with Crippen LogP contribution >= 0.6 is 23.1 Å². The first kappa shape index (κ1) is 14.1. The molecular weight excluding hydrogens is 314 g/mol. The SMILES string of the molecule is Nc1nnc(SCc2cc(C(=O)O)cc3c2OCOC3)s1. The highest BCUT2D eigenvalue weighted by atomic mass is 32.2. The predicted octanol–water partition coefficient (Wildman–Crippen LogP) is 1.98. The Morgan fingerprint density at radius 2 is 2.33 bits per heavy atom. The Labute approximate surface area is 128 Å². The lowest BCUT2D eigenvalue weighted by atomic mass is 10.0. The second-order valence-corrected chi connectivity index (χ2v) is 6.47. The van der Waals surface area contributed by atoms with E-state index in [0.29, 0.717) is 23.2 Å². The zero-order valence-electron chi connectivity index (χ0n) is 10.7. The average Bonchev–Trinajstić information content (AvgIpc) is 2.90. The number of anilines is 1. The Morgan fingerprint density at radius 1 is 1.48 bits per heavy atom. The standard InChI is InChI=1S/C12H11N3O4S2/c13-11-14-15-12(21-11)20-4-8-2-6(10(16)17)1-7-3-18-5-19-9(7)8/h1-2H,3-5H2,(H2,13,14)(H,16,17). The quantitative estimate of drug-likeness (QED) is 0.822. The fourth-order valence-electron chi connectivity index (χ4n) is 1.95. The summed E-state index contributed by atoms with van der Waals surface area (Å²) >= 11 is 2.73. The van der Waals surface area contributed by atoms with Crippen LogP contribution in [-0.2, 0) is 17.1 Å². The lowest BCUT2D eigenvalue weighted by Crippen LogP contribution is -2.14. The van der Waals surface area contributed by atoms with E-state index in [2.05, 4.69) is 10.2 Å². The van der Waals surface area contributed by atoms with E-state index in [4.69, 9.17) is 15.2 Å². The third-order valence-corrected chi connectivity index (χ3v) is 4.74. The van der Waals surface area contributed by atoms with Crippen molar-refractivity contribution in [3.8, 4) is 5.75 Å². The van der Waals surface area contributed by atoms with Gasteiger partial charge in [0.15, 0.2) is 11.1 Å². The molecule has 3 N–H and O–H groups in total. The van der Waals surface area contributed by atoms with Gasteiger partial charge in [0.25, 0.3) is 0 Å². The van der Waals surface area contributed by atoms with Gasteiger partial charge in [0.1, 0.15) is 5.75 Å². The van der Waals surface area contributed by atoms with Crippen LogP contribution in [0.15, 0.2) is 16.5 Å². The first-order valence-electron chi connectivity index (χ1n) is 5.95. The average molecular weight is 325 g/mol. The number of carboxylic acids is 1. The summed E-state index contributed by atoms with van der Waals surface area (Å²) in [6.07, 6.45) is 0. The van der Waals surface area contributed by atoms with Crippen molar-refractivity contribution in [1.82, 2.24) is 10.2 Å². The maximum absolute atomic E-state index is 11.2. The molecule has 0 amide bonds. The normalized spacial score (nSPS) is 13.5. The number of carboxylic acid groups (broad SMARTS) is 1. The minimum absolute atomic E-state index is 0.169. The van der Waals surface area contributed by atoms with Crippen LogP contribution in [0.5, 0.6) is 5.75 Å².